The van der Waals surface area contributed by atoms with E-state index in [1.165, 1.54) is 6.29 Å². The van der Waals surface area contributed by atoms with Crippen molar-refractivity contribution in [1.82, 2.24) is 0 Å². The molecule has 1 aromatic carbocycles. The number of carbonyl (C=O) groups excluding carboxylic acids is 1. The number of rotatable bonds is 4. The number of sulfone groups is 1. The van der Waals surface area contributed by atoms with Gasteiger partial charge in [0.1, 0.15) is 0 Å². The van der Waals surface area contributed by atoms with Gasteiger partial charge in [-0.2, -0.15) is 8.78 Å². The van der Waals surface area contributed by atoms with Crippen LogP contribution in [0.5, 0.6) is 0 Å². The van der Waals surface area contributed by atoms with Gasteiger partial charge < -0.3 is 0 Å². The van der Waals surface area contributed by atoms with Crippen LogP contribution in [0.2, 0.25) is 0 Å². The summed E-state index contributed by atoms with van der Waals surface area (Å²) in [5.41, 5.74) is -3.38. The maximum atomic E-state index is 13.0. The first-order valence-corrected chi connectivity index (χ1v) is 6.04. The van der Waals surface area contributed by atoms with Crippen LogP contribution in [0.1, 0.15) is 5.56 Å². The molecule has 0 N–H and O–H groups in total. The lowest BCUT2D eigenvalue weighted by Crippen LogP contribution is -2.35. The van der Waals surface area contributed by atoms with Crippen molar-refractivity contribution in [2.45, 2.75) is 15.8 Å². The molecule has 0 saturated carbocycles. The van der Waals surface area contributed by atoms with E-state index in [9.17, 15) is 26.4 Å². The summed E-state index contributed by atoms with van der Waals surface area (Å²) in [7, 11) is -5.23. The minimum absolute atomic E-state index is 0.0186. The Balaban J connectivity index is 3.27. The Hall–Kier alpha value is -1.08. The van der Waals surface area contributed by atoms with Gasteiger partial charge in [-0.05, 0) is 24.3 Å². The highest BCUT2D eigenvalue weighted by Gasteiger charge is 2.53. The second-order valence-corrected chi connectivity index (χ2v) is 5.40. The zero-order valence-electron chi connectivity index (χ0n) is 8.03. The second kappa shape index (κ2) is 4.66. The van der Waals surface area contributed by atoms with Gasteiger partial charge >= 0.3 is 5.25 Å². The zero-order chi connectivity index (χ0) is 13.3. The molecule has 1 unspecified atom stereocenters. The molecule has 0 aliphatic heterocycles. The largest absolute Gasteiger partial charge is 0.393 e. The topological polar surface area (TPSA) is 51.2 Å². The Labute approximate surface area is 100 Å². The predicted octanol–water partition coefficient (Wildman–Crippen LogP) is 2.05. The van der Waals surface area contributed by atoms with Crippen molar-refractivity contribution in [3.05, 3.63) is 29.8 Å². The molecule has 0 fully saturated rings. The Morgan fingerprint density at radius 1 is 1.24 bits per heavy atom. The fraction of sp³-hybridized carbons (Fsp3) is 0.222. The summed E-state index contributed by atoms with van der Waals surface area (Å²) >= 11 is 4.50. The standard InChI is InChI=1S/C9H5ClF3O3S/c10-8(11)9(12,13)17(15,16)7-3-1-6(5-14)2-4-7/h1-4,8H. The maximum Gasteiger partial charge on any atom is 0.393 e. The Kier molecular flexibility index (Phi) is 3.83. The van der Waals surface area contributed by atoms with E-state index < -0.39 is 25.6 Å². The van der Waals surface area contributed by atoms with Gasteiger partial charge in [0.2, 0.25) is 16.1 Å². The van der Waals surface area contributed by atoms with Crippen LogP contribution in [0.3, 0.4) is 0 Å². The quantitative estimate of drug-likeness (QED) is 0.796. The molecule has 0 saturated heterocycles. The second-order valence-electron chi connectivity index (χ2n) is 2.99. The third-order valence-corrected chi connectivity index (χ3v) is 4.11. The SMILES string of the molecule is O=[C]c1ccc(S(=O)(=O)C(F)(F)C(F)Cl)cc1. The number of halogens is 4. The summed E-state index contributed by atoms with van der Waals surface area (Å²) in [4.78, 5) is 9.34. The van der Waals surface area contributed by atoms with Crippen LogP contribution in [0.4, 0.5) is 13.2 Å². The van der Waals surface area contributed by atoms with E-state index in [1.54, 1.807) is 0 Å². The van der Waals surface area contributed by atoms with Gasteiger partial charge in [0.05, 0.1) is 4.90 Å². The highest BCUT2D eigenvalue weighted by Crippen LogP contribution is 2.35. The highest BCUT2D eigenvalue weighted by molar-refractivity contribution is 7.92. The number of alkyl halides is 4. The van der Waals surface area contributed by atoms with Crippen molar-refractivity contribution in [3.63, 3.8) is 0 Å². The summed E-state index contributed by atoms with van der Waals surface area (Å²) in [6, 6.07) is 3.44. The maximum absolute atomic E-state index is 13.0. The molecule has 93 valence electrons. The predicted molar refractivity (Wildman–Crippen MR) is 54.1 cm³/mol. The fourth-order valence-electron chi connectivity index (χ4n) is 0.977. The molecule has 1 aromatic rings. The van der Waals surface area contributed by atoms with Gasteiger partial charge in [-0.25, -0.2) is 12.8 Å². The van der Waals surface area contributed by atoms with Crippen molar-refractivity contribution in [1.29, 1.82) is 0 Å². The van der Waals surface area contributed by atoms with Gasteiger partial charge in [-0.3, -0.25) is 4.79 Å². The minimum Gasteiger partial charge on any atom is -0.285 e. The van der Waals surface area contributed by atoms with Crippen LogP contribution in [-0.2, 0) is 14.6 Å². The first-order valence-electron chi connectivity index (χ1n) is 4.12. The van der Waals surface area contributed by atoms with Crippen molar-refractivity contribution < 1.29 is 26.4 Å². The number of hydrogen-bond donors (Lipinski definition) is 0. The van der Waals surface area contributed by atoms with Crippen molar-refractivity contribution in [2.75, 3.05) is 0 Å². The monoisotopic (exact) mass is 285 g/mol. The molecule has 0 bridgehead atoms. The highest BCUT2D eigenvalue weighted by atomic mass is 35.5. The van der Waals surface area contributed by atoms with Crippen LogP contribution in [0.25, 0.3) is 0 Å². The van der Waals surface area contributed by atoms with E-state index in [2.05, 4.69) is 11.6 Å². The molecule has 0 aliphatic carbocycles. The molecular weight excluding hydrogens is 281 g/mol. The van der Waals surface area contributed by atoms with Gasteiger partial charge in [-0.15, -0.1) is 0 Å². The molecule has 1 radical (unpaired) electrons. The minimum atomic E-state index is -5.23. The van der Waals surface area contributed by atoms with Gasteiger partial charge in [0.25, 0.3) is 5.63 Å². The summed E-state index contributed by atoms with van der Waals surface area (Å²) in [6.07, 6.45) is 1.43. The summed E-state index contributed by atoms with van der Waals surface area (Å²) < 4.78 is 61.1. The molecule has 0 aliphatic rings. The van der Waals surface area contributed by atoms with E-state index in [0.29, 0.717) is 0 Å². The molecule has 1 rings (SSSR count). The molecule has 0 amide bonds. The van der Waals surface area contributed by atoms with Gasteiger partial charge in [0, 0.05) is 5.56 Å². The van der Waals surface area contributed by atoms with Crippen molar-refractivity contribution in [2.24, 2.45) is 0 Å². The zero-order valence-corrected chi connectivity index (χ0v) is 9.60. The number of hydrogen-bond acceptors (Lipinski definition) is 3. The average molecular weight is 286 g/mol. The average Bonchev–Trinajstić information content (AvgIpc) is 2.28. The molecule has 17 heavy (non-hydrogen) atoms. The lowest BCUT2D eigenvalue weighted by atomic mass is 10.2. The fourth-order valence-corrected chi connectivity index (χ4v) is 2.37. The van der Waals surface area contributed by atoms with Crippen molar-refractivity contribution >= 4 is 27.7 Å². The van der Waals surface area contributed by atoms with Crippen LogP contribution >= 0.6 is 11.6 Å². The molecule has 1 atom stereocenters. The van der Waals surface area contributed by atoms with E-state index in [0.717, 1.165) is 24.3 Å². The molecular formula is C9H5ClF3O3S. The lowest BCUT2D eigenvalue weighted by Gasteiger charge is -2.16. The normalized spacial score (nSPS) is 14.4. The van der Waals surface area contributed by atoms with E-state index in [1.807, 2.05) is 0 Å². The van der Waals surface area contributed by atoms with Crippen LogP contribution in [-0.4, -0.2) is 25.6 Å². The molecule has 3 nitrogen and oxygen atoms in total. The Morgan fingerprint density at radius 3 is 2.06 bits per heavy atom. The van der Waals surface area contributed by atoms with Gasteiger partial charge in [0.15, 0.2) is 0 Å². The molecule has 0 heterocycles. The lowest BCUT2D eigenvalue weighted by molar-refractivity contribution is 0.0423. The van der Waals surface area contributed by atoms with E-state index in [-0.39, 0.29) is 5.56 Å². The van der Waals surface area contributed by atoms with Crippen LogP contribution in [0, 0.1) is 0 Å². The Morgan fingerprint density at radius 2 is 1.71 bits per heavy atom. The molecule has 0 aromatic heterocycles. The molecule has 8 heteroatoms. The van der Waals surface area contributed by atoms with Gasteiger partial charge in [-0.1, -0.05) is 11.6 Å². The number of benzene rings is 1. The van der Waals surface area contributed by atoms with E-state index in [4.69, 9.17) is 0 Å². The smallest absolute Gasteiger partial charge is 0.285 e. The molecule has 0 spiro atoms. The van der Waals surface area contributed by atoms with Crippen LogP contribution in [0.15, 0.2) is 29.2 Å². The van der Waals surface area contributed by atoms with Crippen LogP contribution < -0.4 is 0 Å². The third kappa shape index (κ3) is 2.44. The Bertz CT molecular complexity index is 511. The first-order chi connectivity index (χ1) is 7.73. The van der Waals surface area contributed by atoms with E-state index >= 15 is 0 Å². The third-order valence-electron chi connectivity index (χ3n) is 1.89. The first kappa shape index (κ1) is 14.0. The summed E-state index contributed by atoms with van der Waals surface area (Å²) in [6.45, 7) is 0. The van der Waals surface area contributed by atoms with Crippen molar-refractivity contribution in [3.8, 4) is 0 Å². The summed E-state index contributed by atoms with van der Waals surface area (Å²) in [5.74, 6) is 0. The summed E-state index contributed by atoms with van der Waals surface area (Å²) in [5, 5.41) is -4.74.